The van der Waals surface area contributed by atoms with E-state index >= 15 is 0 Å². The molecular weight excluding hydrogens is 420 g/mol. The number of aromatic carboxylic acids is 1. The molecule has 6 heteroatoms. The van der Waals surface area contributed by atoms with Gasteiger partial charge in [0.25, 0.3) is 0 Å². The summed E-state index contributed by atoms with van der Waals surface area (Å²) in [4.78, 5) is 16.7. The van der Waals surface area contributed by atoms with Crippen LogP contribution in [-0.2, 0) is 6.54 Å². The van der Waals surface area contributed by atoms with Crippen LogP contribution in [0.4, 0.5) is 0 Å². The lowest BCUT2D eigenvalue weighted by molar-refractivity contribution is 0.0696. The van der Waals surface area contributed by atoms with Crippen molar-refractivity contribution in [1.82, 2.24) is 9.55 Å². The molecule has 4 aromatic rings. The zero-order chi connectivity index (χ0) is 22.8. The van der Waals surface area contributed by atoms with Crippen LogP contribution in [0.15, 0.2) is 60.0 Å². The van der Waals surface area contributed by atoms with Crippen molar-refractivity contribution in [3.05, 3.63) is 82.4 Å². The Morgan fingerprint density at radius 3 is 2.41 bits per heavy atom. The highest BCUT2D eigenvalue weighted by molar-refractivity contribution is 7.13. The summed E-state index contributed by atoms with van der Waals surface area (Å²) in [5.41, 5.74) is 6.01. The molecule has 32 heavy (non-hydrogen) atoms. The molecule has 0 fully saturated rings. The quantitative estimate of drug-likeness (QED) is 0.354. The van der Waals surface area contributed by atoms with Crippen LogP contribution in [0.3, 0.4) is 0 Å². The summed E-state index contributed by atoms with van der Waals surface area (Å²) in [5, 5.41) is 12.6. The zero-order valence-corrected chi connectivity index (χ0v) is 19.4. The minimum Gasteiger partial charge on any atom is -0.497 e. The van der Waals surface area contributed by atoms with Gasteiger partial charge in [-0.15, -0.1) is 11.3 Å². The second-order valence-electron chi connectivity index (χ2n) is 8.08. The Hall–Kier alpha value is -3.38. The molecular formula is C26H26N2O3S. The van der Waals surface area contributed by atoms with Crippen LogP contribution in [0.2, 0.25) is 0 Å². The summed E-state index contributed by atoms with van der Waals surface area (Å²) in [6, 6.07) is 18.0. The Labute approximate surface area is 192 Å². The lowest BCUT2D eigenvalue weighted by Crippen LogP contribution is -2.06. The molecule has 2 heterocycles. The van der Waals surface area contributed by atoms with Crippen molar-refractivity contribution < 1.29 is 14.6 Å². The van der Waals surface area contributed by atoms with Crippen molar-refractivity contribution in [2.75, 3.05) is 7.11 Å². The molecule has 0 bridgehead atoms. The molecule has 0 spiro atoms. The first-order valence-corrected chi connectivity index (χ1v) is 11.4. The number of benzene rings is 2. The molecule has 0 unspecified atom stereocenters. The fourth-order valence-electron chi connectivity index (χ4n) is 3.73. The predicted molar refractivity (Wildman–Crippen MR) is 129 cm³/mol. The van der Waals surface area contributed by atoms with Gasteiger partial charge in [0.05, 0.1) is 24.1 Å². The minimum atomic E-state index is -0.928. The summed E-state index contributed by atoms with van der Waals surface area (Å²) in [6.07, 6.45) is 0. The van der Waals surface area contributed by atoms with E-state index < -0.39 is 5.97 Å². The first-order chi connectivity index (χ1) is 15.4. The number of hydrogen-bond donors (Lipinski definition) is 1. The van der Waals surface area contributed by atoms with Gasteiger partial charge in [-0.2, -0.15) is 0 Å². The van der Waals surface area contributed by atoms with E-state index in [1.807, 2.05) is 41.1 Å². The highest BCUT2D eigenvalue weighted by Gasteiger charge is 2.20. The molecule has 2 aromatic carbocycles. The van der Waals surface area contributed by atoms with Crippen molar-refractivity contribution in [2.45, 2.75) is 33.2 Å². The summed E-state index contributed by atoms with van der Waals surface area (Å²) < 4.78 is 7.28. The molecule has 0 amide bonds. The third kappa shape index (κ3) is 4.32. The first kappa shape index (κ1) is 21.8. The van der Waals surface area contributed by atoms with Gasteiger partial charge in [-0.25, -0.2) is 9.78 Å². The van der Waals surface area contributed by atoms with Gasteiger partial charge in [0.15, 0.2) is 0 Å². The lowest BCUT2D eigenvalue weighted by atomic mass is 10.0. The second kappa shape index (κ2) is 9.01. The molecule has 1 N–H and O–H groups in total. The van der Waals surface area contributed by atoms with Crippen LogP contribution < -0.4 is 4.74 Å². The minimum absolute atomic E-state index is 0.304. The average Bonchev–Trinajstić information content (AvgIpc) is 3.40. The van der Waals surface area contributed by atoms with E-state index in [1.165, 1.54) is 5.56 Å². The number of rotatable bonds is 7. The molecule has 0 aliphatic heterocycles. The van der Waals surface area contributed by atoms with Crippen LogP contribution in [0.5, 0.6) is 5.75 Å². The van der Waals surface area contributed by atoms with Crippen LogP contribution >= 0.6 is 11.3 Å². The van der Waals surface area contributed by atoms with E-state index in [-0.39, 0.29) is 0 Å². The van der Waals surface area contributed by atoms with Crippen LogP contribution in [0.1, 0.15) is 46.9 Å². The molecule has 0 saturated heterocycles. The summed E-state index contributed by atoms with van der Waals surface area (Å²) >= 11 is 1.54. The fraction of sp³-hybridized carbons (Fsp3) is 0.231. The van der Waals surface area contributed by atoms with E-state index in [0.717, 1.165) is 39.0 Å². The Morgan fingerprint density at radius 2 is 1.81 bits per heavy atom. The Balaban J connectivity index is 1.71. The van der Waals surface area contributed by atoms with Crippen LogP contribution in [-0.4, -0.2) is 27.7 Å². The molecule has 4 rings (SSSR count). The van der Waals surface area contributed by atoms with Crippen molar-refractivity contribution in [3.8, 4) is 27.7 Å². The van der Waals surface area contributed by atoms with Gasteiger partial charge in [0.1, 0.15) is 10.8 Å². The molecule has 2 aromatic heterocycles. The zero-order valence-electron chi connectivity index (χ0n) is 18.6. The maximum absolute atomic E-state index is 11.8. The first-order valence-electron chi connectivity index (χ1n) is 10.5. The molecule has 0 aliphatic carbocycles. The summed E-state index contributed by atoms with van der Waals surface area (Å²) in [6.45, 7) is 6.78. The van der Waals surface area contributed by atoms with Gasteiger partial charge < -0.3 is 14.4 Å². The Bertz CT molecular complexity index is 1240. The smallest absolute Gasteiger partial charge is 0.337 e. The van der Waals surface area contributed by atoms with Crippen LogP contribution in [0, 0.1) is 6.92 Å². The highest BCUT2D eigenvalue weighted by atomic mass is 32.1. The standard InChI is InChI=1S/C26H26N2O3S/c1-16(2)19-7-5-18(6-8-19)14-28-17(3)22(26(29)30)13-24(28)23-15-32-25(27-23)20-9-11-21(31-4)12-10-20/h5-13,15-16H,14H2,1-4H3,(H,29,30). The number of thiazole rings is 1. The summed E-state index contributed by atoms with van der Waals surface area (Å²) in [7, 11) is 1.64. The third-order valence-corrected chi connectivity index (χ3v) is 6.58. The van der Waals surface area contributed by atoms with E-state index in [0.29, 0.717) is 18.0 Å². The molecule has 0 radical (unpaired) electrons. The summed E-state index contributed by atoms with van der Waals surface area (Å²) in [5.74, 6) is 0.339. The van der Waals surface area contributed by atoms with Crippen molar-refractivity contribution in [3.63, 3.8) is 0 Å². The second-order valence-corrected chi connectivity index (χ2v) is 8.94. The Kier molecular flexibility index (Phi) is 6.15. The molecule has 0 atom stereocenters. The van der Waals surface area contributed by atoms with Crippen molar-refractivity contribution in [1.29, 1.82) is 0 Å². The van der Waals surface area contributed by atoms with E-state index in [9.17, 15) is 9.90 Å². The number of nitrogens with zero attached hydrogens (tertiary/aromatic N) is 2. The number of carboxylic acids is 1. The van der Waals surface area contributed by atoms with E-state index in [1.54, 1.807) is 24.5 Å². The normalized spacial score (nSPS) is 11.2. The lowest BCUT2D eigenvalue weighted by Gasteiger charge is -2.12. The maximum atomic E-state index is 11.8. The van der Waals surface area contributed by atoms with E-state index in [2.05, 4.69) is 38.1 Å². The SMILES string of the molecule is COc1ccc(-c2nc(-c3cc(C(=O)O)c(C)n3Cc3ccc(C(C)C)cc3)cs2)cc1. The molecule has 0 saturated carbocycles. The third-order valence-electron chi connectivity index (χ3n) is 5.69. The monoisotopic (exact) mass is 446 g/mol. The van der Waals surface area contributed by atoms with Gasteiger partial charge >= 0.3 is 5.97 Å². The maximum Gasteiger partial charge on any atom is 0.337 e. The largest absolute Gasteiger partial charge is 0.497 e. The van der Waals surface area contributed by atoms with Gasteiger partial charge in [0.2, 0.25) is 0 Å². The highest BCUT2D eigenvalue weighted by Crippen LogP contribution is 2.32. The number of aromatic nitrogens is 2. The number of carbonyl (C=O) groups is 1. The number of ether oxygens (including phenoxy) is 1. The van der Waals surface area contributed by atoms with Crippen LogP contribution in [0.25, 0.3) is 22.0 Å². The van der Waals surface area contributed by atoms with Gasteiger partial charge in [0, 0.05) is 23.2 Å². The van der Waals surface area contributed by atoms with Crippen molar-refractivity contribution in [2.24, 2.45) is 0 Å². The van der Waals surface area contributed by atoms with Gasteiger partial charge in [-0.3, -0.25) is 0 Å². The van der Waals surface area contributed by atoms with Crippen molar-refractivity contribution >= 4 is 17.3 Å². The number of hydrogen-bond acceptors (Lipinski definition) is 4. The van der Waals surface area contributed by atoms with Gasteiger partial charge in [-0.05, 0) is 54.3 Å². The topological polar surface area (TPSA) is 64.3 Å². The number of carboxylic acid groups (broad SMARTS) is 1. The van der Waals surface area contributed by atoms with Gasteiger partial charge in [-0.1, -0.05) is 38.1 Å². The number of methoxy groups -OCH3 is 1. The van der Waals surface area contributed by atoms with E-state index in [4.69, 9.17) is 9.72 Å². The molecule has 164 valence electrons. The molecule has 5 nitrogen and oxygen atoms in total. The average molecular weight is 447 g/mol. The Morgan fingerprint density at radius 1 is 1.12 bits per heavy atom. The fourth-order valence-corrected chi connectivity index (χ4v) is 4.55. The predicted octanol–water partition coefficient (Wildman–Crippen LogP) is 6.47. The molecule has 0 aliphatic rings.